The first-order valence-corrected chi connectivity index (χ1v) is 8.09. The highest BCUT2D eigenvalue weighted by Gasteiger charge is 2.38. The van der Waals surface area contributed by atoms with Gasteiger partial charge in [-0.25, -0.2) is 0 Å². The third kappa shape index (κ3) is 4.33. The smallest absolute Gasteiger partial charge is 0.390 e. The molecule has 0 aromatic heterocycles. The number of esters is 1. The molecule has 6 nitrogen and oxygen atoms in total. The summed E-state index contributed by atoms with van der Waals surface area (Å²) < 4.78 is 10.4. The van der Waals surface area contributed by atoms with Gasteiger partial charge in [-0.2, -0.15) is 0 Å². The van der Waals surface area contributed by atoms with Crippen LogP contribution in [0.4, 0.5) is 0 Å². The number of aliphatic hydroxyl groups excluding tert-OH is 3. The van der Waals surface area contributed by atoms with Crippen LogP contribution in [0, 0.1) is 6.92 Å². The highest BCUT2D eigenvalue weighted by Crippen LogP contribution is 2.26. The highest BCUT2D eigenvalue weighted by molar-refractivity contribution is 5.90. The van der Waals surface area contributed by atoms with Crippen LogP contribution < -0.4 is 0 Å². The maximum atomic E-state index is 10.1. The molecular formula is C18H27O6+. The molecule has 0 saturated carbocycles. The molecule has 1 aliphatic rings. The predicted molar refractivity (Wildman–Crippen MR) is 89.4 cm³/mol. The van der Waals surface area contributed by atoms with Crippen molar-refractivity contribution in [3.63, 3.8) is 0 Å². The standard InChI is InChI=1S/C18H26O6/c1-10-7-11(5-6-12(10)18(2,3)4)17(22)23-9-14-16(21)13(19)8-15(20)24-14/h5-7,13-16,19-21H,8-9H2,1-4H3/p+1/t13-,14-,15?,16-/m1/s1. The van der Waals surface area contributed by atoms with E-state index in [-0.39, 0.29) is 24.4 Å². The van der Waals surface area contributed by atoms with E-state index in [1.165, 1.54) is 5.56 Å². The number of aryl methyl sites for hydroxylation is 1. The molecule has 0 aliphatic carbocycles. The van der Waals surface area contributed by atoms with Crippen LogP contribution in [0.2, 0.25) is 0 Å². The summed E-state index contributed by atoms with van der Waals surface area (Å²) in [5, 5.41) is 29.0. The lowest BCUT2D eigenvalue weighted by molar-refractivity contribution is -0.238. The SMILES string of the molecule is Cc1cc(C(=[OH+])OC[C@H]2OC(O)C[C@@H](O)[C@H]2O)ccc1C(C)(C)C. The van der Waals surface area contributed by atoms with Gasteiger partial charge >= 0.3 is 5.97 Å². The average molecular weight is 339 g/mol. The van der Waals surface area contributed by atoms with Gasteiger partial charge in [0.05, 0.1) is 6.10 Å². The fourth-order valence-corrected chi connectivity index (χ4v) is 2.95. The summed E-state index contributed by atoms with van der Waals surface area (Å²) in [5.41, 5.74) is 2.74. The molecule has 1 aromatic carbocycles. The first-order valence-electron chi connectivity index (χ1n) is 8.09. The van der Waals surface area contributed by atoms with Crippen molar-refractivity contribution in [2.45, 2.75) is 64.1 Å². The van der Waals surface area contributed by atoms with Crippen LogP contribution in [0.15, 0.2) is 18.2 Å². The van der Waals surface area contributed by atoms with Crippen molar-refractivity contribution in [3.05, 3.63) is 34.9 Å². The van der Waals surface area contributed by atoms with Crippen LogP contribution in [-0.4, -0.2) is 57.3 Å². The molecule has 1 fully saturated rings. The maximum Gasteiger partial charge on any atom is 0.517 e. The second-order valence-corrected chi connectivity index (χ2v) is 7.32. The van der Waals surface area contributed by atoms with Crippen molar-refractivity contribution < 1.29 is 29.6 Å². The summed E-state index contributed by atoms with van der Waals surface area (Å²) in [4.78, 5) is 10.1. The molecule has 4 N–H and O–H groups in total. The monoisotopic (exact) mass is 339 g/mol. The van der Waals surface area contributed by atoms with Crippen molar-refractivity contribution in [2.24, 2.45) is 0 Å². The summed E-state index contributed by atoms with van der Waals surface area (Å²) in [7, 11) is 0. The lowest BCUT2D eigenvalue weighted by Crippen LogP contribution is -2.50. The van der Waals surface area contributed by atoms with E-state index in [1.54, 1.807) is 6.07 Å². The molecule has 6 heteroatoms. The van der Waals surface area contributed by atoms with E-state index in [4.69, 9.17) is 9.47 Å². The second kappa shape index (κ2) is 7.19. The normalized spacial score (nSPS) is 27.8. The number of aliphatic hydroxyl groups is 3. The molecule has 1 unspecified atom stereocenters. The molecule has 4 atom stereocenters. The summed E-state index contributed by atoms with van der Waals surface area (Å²) in [6.07, 6.45) is -4.39. The van der Waals surface area contributed by atoms with E-state index >= 15 is 0 Å². The Morgan fingerprint density at radius 1 is 1.29 bits per heavy atom. The Bertz CT molecular complexity index is 592. The van der Waals surface area contributed by atoms with Crippen molar-refractivity contribution in [1.82, 2.24) is 0 Å². The van der Waals surface area contributed by atoms with Gasteiger partial charge in [0.15, 0.2) is 6.29 Å². The Kier molecular flexibility index (Phi) is 5.65. The molecular weight excluding hydrogens is 312 g/mol. The van der Waals surface area contributed by atoms with Gasteiger partial charge < -0.3 is 29.6 Å². The Hall–Kier alpha value is -1.47. The fourth-order valence-electron chi connectivity index (χ4n) is 2.95. The van der Waals surface area contributed by atoms with Crippen LogP contribution >= 0.6 is 0 Å². The molecule has 1 saturated heterocycles. The first-order chi connectivity index (χ1) is 11.1. The van der Waals surface area contributed by atoms with E-state index in [2.05, 4.69) is 20.8 Å². The van der Waals surface area contributed by atoms with Crippen LogP contribution in [0.1, 0.15) is 43.9 Å². The minimum Gasteiger partial charge on any atom is -0.390 e. The Balaban J connectivity index is 2.01. The fraction of sp³-hybridized carbons (Fsp3) is 0.611. The predicted octanol–water partition coefficient (Wildman–Crippen LogP) is 0.989. The zero-order chi connectivity index (χ0) is 18.1. The summed E-state index contributed by atoms with van der Waals surface area (Å²) >= 11 is 0. The maximum absolute atomic E-state index is 10.1. The lowest BCUT2D eigenvalue weighted by Gasteiger charge is -2.32. The van der Waals surface area contributed by atoms with Gasteiger partial charge in [-0.3, -0.25) is 0 Å². The highest BCUT2D eigenvalue weighted by atomic mass is 16.6. The third-order valence-corrected chi connectivity index (χ3v) is 4.22. The van der Waals surface area contributed by atoms with Gasteiger partial charge in [-0.05, 0) is 35.6 Å². The molecule has 1 heterocycles. The van der Waals surface area contributed by atoms with Gasteiger partial charge in [-0.1, -0.05) is 26.8 Å². The first kappa shape index (κ1) is 18.9. The van der Waals surface area contributed by atoms with Crippen molar-refractivity contribution in [2.75, 3.05) is 6.61 Å². The van der Waals surface area contributed by atoms with E-state index in [0.29, 0.717) is 5.56 Å². The van der Waals surface area contributed by atoms with E-state index in [1.807, 2.05) is 19.1 Å². The van der Waals surface area contributed by atoms with Gasteiger partial charge in [0.1, 0.15) is 17.8 Å². The number of hydrogen-bond acceptors (Lipinski definition) is 5. The largest absolute Gasteiger partial charge is 0.517 e. The zero-order valence-electron chi connectivity index (χ0n) is 14.6. The molecule has 0 spiro atoms. The summed E-state index contributed by atoms with van der Waals surface area (Å²) in [6, 6.07) is 5.55. The Morgan fingerprint density at radius 3 is 2.54 bits per heavy atom. The number of rotatable bonds is 3. The Morgan fingerprint density at radius 2 is 1.96 bits per heavy atom. The van der Waals surface area contributed by atoms with E-state index in [9.17, 15) is 20.1 Å². The minimum atomic E-state index is -1.17. The summed E-state index contributed by atoms with van der Waals surface area (Å²) in [5.74, 6) is -0.288. The minimum absolute atomic E-state index is 0.00537. The van der Waals surface area contributed by atoms with E-state index in [0.717, 1.165) is 5.56 Å². The lowest BCUT2D eigenvalue weighted by atomic mass is 9.83. The van der Waals surface area contributed by atoms with Gasteiger partial charge in [0.2, 0.25) is 6.61 Å². The molecule has 0 bridgehead atoms. The zero-order valence-corrected chi connectivity index (χ0v) is 14.6. The number of ether oxygens (including phenoxy) is 2. The molecule has 2 rings (SSSR count). The van der Waals surface area contributed by atoms with Crippen molar-refractivity contribution in [3.8, 4) is 0 Å². The van der Waals surface area contributed by atoms with Crippen LogP contribution in [0.25, 0.3) is 0 Å². The molecule has 0 radical (unpaired) electrons. The molecule has 1 aliphatic heterocycles. The summed E-state index contributed by atoms with van der Waals surface area (Å²) in [6.45, 7) is 8.15. The molecule has 0 amide bonds. The third-order valence-electron chi connectivity index (χ3n) is 4.22. The quantitative estimate of drug-likeness (QED) is 0.563. The Labute approximate surface area is 142 Å². The van der Waals surface area contributed by atoms with Gasteiger partial charge in [0, 0.05) is 6.42 Å². The number of carbonyl (C=O) groups excluding carboxylic acids is 1. The van der Waals surface area contributed by atoms with Crippen LogP contribution in [0.3, 0.4) is 0 Å². The van der Waals surface area contributed by atoms with Crippen LogP contribution in [0.5, 0.6) is 0 Å². The van der Waals surface area contributed by atoms with E-state index < -0.39 is 24.6 Å². The topological polar surface area (TPSA) is 101 Å². The van der Waals surface area contributed by atoms with Gasteiger partial charge in [-0.15, -0.1) is 0 Å². The van der Waals surface area contributed by atoms with Crippen LogP contribution in [-0.2, 0) is 14.9 Å². The number of hydrogen-bond donors (Lipinski definition) is 3. The van der Waals surface area contributed by atoms with Crippen molar-refractivity contribution in [1.29, 1.82) is 0 Å². The average Bonchev–Trinajstić information content (AvgIpc) is 2.47. The van der Waals surface area contributed by atoms with Crippen molar-refractivity contribution >= 4 is 5.97 Å². The molecule has 134 valence electrons. The molecule has 1 aromatic rings. The molecule has 24 heavy (non-hydrogen) atoms. The van der Waals surface area contributed by atoms with Gasteiger partial charge in [0.25, 0.3) is 0 Å². The second-order valence-electron chi connectivity index (χ2n) is 7.32. The number of benzene rings is 1.